The minimum atomic E-state index is -0.448. The van der Waals surface area contributed by atoms with Crippen LogP contribution in [0.5, 0.6) is 0 Å². The number of aryl methyl sites for hydroxylation is 1. The van der Waals surface area contributed by atoms with Crippen LogP contribution in [0.3, 0.4) is 0 Å². The molecule has 132 valence electrons. The van der Waals surface area contributed by atoms with Gasteiger partial charge in [0.25, 0.3) is 11.8 Å². The highest BCUT2D eigenvalue weighted by atomic mass is 32.1. The van der Waals surface area contributed by atoms with Crippen molar-refractivity contribution < 1.29 is 14.9 Å². The molecule has 0 unspecified atom stereocenters. The van der Waals surface area contributed by atoms with Crippen molar-refractivity contribution in [3.05, 3.63) is 51.9 Å². The maximum Gasteiger partial charge on any atom is 0.280 e. The highest BCUT2D eigenvalue weighted by molar-refractivity contribution is 7.17. The van der Waals surface area contributed by atoms with Gasteiger partial charge in [0.1, 0.15) is 11.0 Å². The number of anilines is 1. The average molecular weight is 358 g/mol. The van der Waals surface area contributed by atoms with Gasteiger partial charge in [0, 0.05) is 10.4 Å². The van der Waals surface area contributed by atoms with Crippen molar-refractivity contribution in [2.24, 2.45) is 5.73 Å². The molecule has 1 aliphatic carbocycles. The van der Waals surface area contributed by atoms with Crippen LogP contribution in [0.2, 0.25) is 0 Å². The summed E-state index contributed by atoms with van der Waals surface area (Å²) >= 11 is 1.50. The van der Waals surface area contributed by atoms with Crippen LogP contribution < -0.4 is 16.4 Å². The lowest BCUT2D eigenvalue weighted by atomic mass is 9.95. The topological polar surface area (TPSA) is 88.8 Å². The van der Waals surface area contributed by atoms with E-state index in [1.54, 1.807) is 0 Å². The normalized spacial score (nSPS) is 14.6. The van der Waals surface area contributed by atoms with E-state index in [0.717, 1.165) is 31.2 Å². The van der Waals surface area contributed by atoms with Crippen LogP contribution in [0.4, 0.5) is 5.00 Å². The lowest BCUT2D eigenvalue weighted by Gasteiger charge is -2.12. The number of hydrogen-bond donors (Lipinski definition) is 3. The molecule has 0 radical (unpaired) electrons. The van der Waals surface area contributed by atoms with Gasteiger partial charge in [-0.25, -0.2) is 0 Å². The molecule has 25 heavy (non-hydrogen) atoms. The molecule has 1 aliphatic rings. The number of primary amides is 1. The van der Waals surface area contributed by atoms with Crippen molar-refractivity contribution in [3.8, 4) is 0 Å². The van der Waals surface area contributed by atoms with E-state index in [2.05, 4.69) is 24.4 Å². The van der Waals surface area contributed by atoms with Crippen molar-refractivity contribution in [2.45, 2.75) is 38.6 Å². The fourth-order valence-electron chi connectivity index (χ4n) is 3.27. The number of thiophene rings is 1. The van der Waals surface area contributed by atoms with Crippen LogP contribution in [0.1, 0.15) is 52.2 Å². The van der Waals surface area contributed by atoms with Crippen LogP contribution in [0.25, 0.3) is 0 Å². The number of nitrogens with one attached hydrogen (secondary N) is 1. The van der Waals surface area contributed by atoms with Crippen LogP contribution in [0, 0.1) is 0 Å². The molecule has 0 bridgehead atoms. The Bertz CT molecular complexity index is 770. The molecule has 5 N–H and O–H groups in total. The maximum absolute atomic E-state index is 12.3. The van der Waals surface area contributed by atoms with Gasteiger partial charge in [-0.15, -0.1) is 11.3 Å². The number of carbonyl (C=O) groups is 2. The Labute approximate surface area is 151 Å². The fourth-order valence-corrected chi connectivity index (χ4v) is 4.58. The SMILES string of the molecule is C[C@H]([NH2+]CC(=O)Nc1sc2c(c1C(N)=O)CCCC2)c1ccccc1. The monoisotopic (exact) mass is 358 g/mol. The third kappa shape index (κ3) is 4.08. The molecular weight excluding hydrogens is 334 g/mol. The summed E-state index contributed by atoms with van der Waals surface area (Å²) in [6, 6.07) is 10.3. The number of quaternary nitrogens is 1. The first-order valence-electron chi connectivity index (χ1n) is 8.68. The minimum Gasteiger partial charge on any atom is -0.365 e. The lowest BCUT2D eigenvalue weighted by Crippen LogP contribution is -2.86. The van der Waals surface area contributed by atoms with Crippen LogP contribution in [-0.2, 0) is 17.6 Å². The molecule has 1 aromatic carbocycles. The Balaban J connectivity index is 1.65. The predicted molar refractivity (Wildman–Crippen MR) is 99.8 cm³/mol. The molecule has 1 aromatic heterocycles. The summed E-state index contributed by atoms with van der Waals surface area (Å²) in [5, 5.41) is 5.51. The van der Waals surface area contributed by atoms with E-state index in [0.29, 0.717) is 17.1 Å². The van der Waals surface area contributed by atoms with Gasteiger partial charge >= 0.3 is 0 Å². The van der Waals surface area contributed by atoms with Gasteiger partial charge in [-0.05, 0) is 38.2 Å². The Kier molecular flexibility index (Phi) is 5.50. The first-order chi connectivity index (χ1) is 12.1. The van der Waals surface area contributed by atoms with E-state index >= 15 is 0 Å². The predicted octanol–water partition coefficient (Wildman–Crippen LogP) is 1.99. The zero-order valence-corrected chi connectivity index (χ0v) is 15.2. The first-order valence-corrected chi connectivity index (χ1v) is 9.50. The number of rotatable bonds is 6. The number of benzene rings is 1. The highest BCUT2D eigenvalue weighted by Gasteiger charge is 2.25. The quantitative estimate of drug-likeness (QED) is 0.737. The van der Waals surface area contributed by atoms with Gasteiger partial charge in [0.2, 0.25) is 0 Å². The number of fused-ring (bicyclic) bond motifs is 1. The Hall–Kier alpha value is -2.18. The standard InChI is InChI=1S/C19H23N3O2S/c1-12(13-7-3-2-4-8-13)21-11-16(23)22-19-17(18(20)24)14-9-5-6-10-15(14)25-19/h2-4,7-8,12,21H,5-6,9-11H2,1H3,(H2,20,24)(H,22,23)/p+1/t12-/m0/s1. The Morgan fingerprint density at radius 1 is 1.24 bits per heavy atom. The van der Waals surface area contributed by atoms with E-state index in [1.165, 1.54) is 21.8 Å². The summed E-state index contributed by atoms with van der Waals surface area (Å²) in [4.78, 5) is 25.4. The molecule has 1 heterocycles. The number of carbonyl (C=O) groups excluding carboxylic acids is 2. The van der Waals surface area contributed by atoms with Crippen molar-refractivity contribution in [3.63, 3.8) is 0 Å². The molecule has 3 rings (SSSR count). The molecule has 1 atom stereocenters. The van der Waals surface area contributed by atoms with Crippen LogP contribution >= 0.6 is 11.3 Å². The Morgan fingerprint density at radius 3 is 2.68 bits per heavy atom. The Morgan fingerprint density at radius 2 is 1.96 bits per heavy atom. The average Bonchev–Trinajstić information content (AvgIpc) is 2.98. The fraction of sp³-hybridized carbons (Fsp3) is 0.368. The second-order valence-corrected chi connectivity index (χ2v) is 7.57. The van der Waals surface area contributed by atoms with Crippen molar-refractivity contribution >= 4 is 28.2 Å². The summed E-state index contributed by atoms with van der Waals surface area (Å²) in [5.41, 5.74) is 8.31. The van der Waals surface area contributed by atoms with Crippen LogP contribution in [0.15, 0.2) is 30.3 Å². The zero-order chi connectivity index (χ0) is 17.8. The number of amides is 2. The van der Waals surface area contributed by atoms with Crippen molar-refractivity contribution in [2.75, 3.05) is 11.9 Å². The minimum absolute atomic E-state index is 0.108. The summed E-state index contributed by atoms with van der Waals surface area (Å²) in [7, 11) is 0. The van der Waals surface area contributed by atoms with E-state index in [-0.39, 0.29) is 11.9 Å². The molecule has 0 aliphatic heterocycles. The number of nitrogens with two attached hydrogens (primary N) is 2. The molecule has 0 fully saturated rings. The molecule has 0 saturated heterocycles. The maximum atomic E-state index is 12.3. The smallest absolute Gasteiger partial charge is 0.280 e. The third-order valence-electron chi connectivity index (χ3n) is 4.65. The molecule has 6 heteroatoms. The second kappa shape index (κ2) is 7.80. The summed E-state index contributed by atoms with van der Waals surface area (Å²) in [6.07, 6.45) is 4.03. The lowest BCUT2D eigenvalue weighted by molar-refractivity contribution is -0.682. The van der Waals surface area contributed by atoms with E-state index in [1.807, 2.05) is 23.5 Å². The van der Waals surface area contributed by atoms with Gasteiger partial charge in [0.15, 0.2) is 6.54 Å². The zero-order valence-electron chi connectivity index (χ0n) is 14.4. The van der Waals surface area contributed by atoms with Gasteiger partial charge in [-0.2, -0.15) is 0 Å². The molecular formula is C19H24N3O2S+. The largest absolute Gasteiger partial charge is 0.365 e. The summed E-state index contributed by atoms with van der Waals surface area (Å²) < 4.78 is 0. The van der Waals surface area contributed by atoms with Gasteiger partial charge in [0.05, 0.1) is 5.56 Å². The summed E-state index contributed by atoms with van der Waals surface area (Å²) in [5.74, 6) is -0.555. The molecule has 2 aromatic rings. The van der Waals surface area contributed by atoms with E-state index in [4.69, 9.17) is 5.73 Å². The molecule has 0 spiro atoms. The molecule has 2 amide bonds. The van der Waals surface area contributed by atoms with Crippen molar-refractivity contribution in [1.82, 2.24) is 0 Å². The van der Waals surface area contributed by atoms with Gasteiger partial charge in [-0.1, -0.05) is 30.3 Å². The first kappa shape index (κ1) is 17.6. The third-order valence-corrected chi connectivity index (χ3v) is 5.86. The highest BCUT2D eigenvalue weighted by Crippen LogP contribution is 2.37. The molecule has 5 nitrogen and oxygen atoms in total. The number of hydrogen-bond acceptors (Lipinski definition) is 3. The van der Waals surface area contributed by atoms with Crippen LogP contribution in [-0.4, -0.2) is 18.4 Å². The molecule has 0 saturated carbocycles. The van der Waals surface area contributed by atoms with E-state index < -0.39 is 5.91 Å². The van der Waals surface area contributed by atoms with Gasteiger partial charge in [-0.3, -0.25) is 9.59 Å². The summed E-state index contributed by atoms with van der Waals surface area (Å²) in [6.45, 7) is 2.37. The van der Waals surface area contributed by atoms with Gasteiger partial charge < -0.3 is 16.4 Å². The van der Waals surface area contributed by atoms with E-state index in [9.17, 15) is 9.59 Å². The second-order valence-electron chi connectivity index (χ2n) is 6.47. The van der Waals surface area contributed by atoms with Crippen molar-refractivity contribution in [1.29, 1.82) is 0 Å².